The van der Waals surface area contributed by atoms with Crippen molar-refractivity contribution in [3.63, 3.8) is 0 Å². The fourth-order valence-corrected chi connectivity index (χ4v) is 2.33. The largest absolute Gasteiger partial charge is 0.481 e. The molecule has 0 radical (unpaired) electrons. The first kappa shape index (κ1) is 15.8. The number of primary amides is 1. The summed E-state index contributed by atoms with van der Waals surface area (Å²) in [7, 11) is 0. The predicted molar refractivity (Wildman–Crippen MR) is 82.3 cm³/mol. The highest BCUT2D eigenvalue weighted by molar-refractivity contribution is 5.96. The second kappa shape index (κ2) is 6.01. The third-order valence-corrected chi connectivity index (χ3v) is 3.44. The molecule has 0 fully saturated rings. The maximum Gasteiger partial charge on any atom is 0.258 e. The molecule has 1 aromatic carbocycles. The van der Waals surface area contributed by atoms with E-state index in [-0.39, 0.29) is 5.78 Å². The third kappa shape index (κ3) is 3.00. The van der Waals surface area contributed by atoms with Crippen LogP contribution in [-0.4, -0.2) is 27.6 Å². The summed E-state index contributed by atoms with van der Waals surface area (Å²) in [5.41, 5.74) is 8.11. The van der Waals surface area contributed by atoms with Crippen molar-refractivity contribution in [1.29, 1.82) is 0 Å². The predicted octanol–water partition coefficient (Wildman–Crippen LogP) is 1.94. The van der Waals surface area contributed by atoms with Crippen LogP contribution in [0.5, 0.6) is 5.75 Å². The molecule has 116 valence electrons. The van der Waals surface area contributed by atoms with Crippen LogP contribution >= 0.6 is 0 Å². The Hall–Kier alpha value is -2.63. The molecule has 0 aliphatic carbocycles. The molecule has 6 heteroatoms. The number of hydrogen-bond acceptors (Lipinski definition) is 4. The lowest BCUT2D eigenvalue weighted by Crippen LogP contribution is -2.30. The summed E-state index contributed by atoms with van der Waals surface area (Å²) < 4.78 is 7.12. The Morgan fingerprint density at radius 3 is 2.27 bits per heavy atom. The number of nitrogens with zero attached hydrogens (tertiary/aromatic N) is 2. The van der Waals surface area contributed by atoms with Crippen LogP contribution in [0.2, 0.25) is 0 Å². The van der Waals surface area contributed by atoms with Crippen LogP contribution in [0.1, 0.15) is 35.6 Å². The zero-order valence-electron chi connectivity index (χ0n) is 13.1. The van der Waals surface area contributed by atoms with Crippen molar-refractivity contribution in [3.05, 3.63) is 41.2 Å². The number of amides is 1. The Kier molecular flexibility index (Phi) is 4.30. The molecule has 0 saturated heterocycles. The van der Waals surface area contributed by atoms with Crippen molar-refractivity contribution in [1.82, 2.24) is 9.78 Å². The minimum absolute atomic E-state index is 0.00325. The van der Waals surface area contributed by atoms with Gasteiger partial charge in [-0.25, -0.2) is 4.68 Å². The number of ketones is 1. The first-order chi connectivity index (χ1) is 10.3. The SMILES string of the molecule is CC(=O)c1c(C)nn(-c2ccc(O[C@H](C)C(N)=O)cc2)c1C. The Morgan fingerprint density at radius 1 is 1.23 bits per heavy atom. The van der Waals surface area contributed by atoms with E-state index in [4.69, 9.17) is 10.5 Å². The van der Waals surface area contributed by atoms with Gasteiger partial charge in [0.1, 0.15) is 5.75 Å². The second-order valence-electron chi connectivity index (χ2n) is 5.17. The smallest absolute Gasteiger partial charge is 0.258 e. The highest BCUT2D eigenvalue weighted by Gasteiger charge is 2.16. The second-order valence-corrected chi connectivity index (χ2v) is 5.17. The fraction of sp³-hybridized carbons (Fsp3) is 0.312. The third-order valence-electron chi connectivity index (χ3n) is 3.44. The summed E-state index contributed by atoms with van der Waals surface area (Å²) >= 11 is 0. The van der Waals surface area contributed by atoms with Gasteiger partial charge in [-0.05, 0) is 52.0 Å². The van der Waals surface area contributed by atoms with E-state index < -0.39 is 12.0 Å². The van der Waals surface area contributed by atoms with Gasteiger partial charge in [-0.15, -0.1) is 0 Å². The first-order valence-electron chi connectivity index (χ1n) is 6.94. The van der Waals surface area contributed by atoms with Gasteiger partial charge in [-0.1, -0.05) is 0 Å². The number of carbonyl (C=O) groups is 2. The molecule has 1 heterocycles. The number of hydrogen-bond donors (Lipinski definition) is 1. The molecular weight excluding hydrogens is 282 g/mol. The van der Waals surface area contributed by atoms with Gasteiger partial charge in [-0.3, -0.25) is 9.59 Å². The fourth-order valence-electron chi connectivity index (χ4n) is 2.33. The maximum atomic E-state index is 11.7. The van der Waals surface area contributed by atoms with Crippen LogP contribution in [0.4, 0.5) is 0 Å². The van der Waals surface area contributed by atoms with Crippen molar-refractivity contribution in [2.75, 3.05) is 0 Å². The molecule has 1 amide bonds. The molecule has 2 N–H and O–H groups in total. The summed E-state index contributed by atoms with van der Waals surface area (Å²) in [6.45, 7) is 6.79. The topological polar surface area (TPSA) is 87.2 Å². The van der Waals surface area contributed by atoms with Crippen LogP contribution in [0.3, 0.4) is 0 Å². The molecule has 22 heavy (non-hydrogen) atoms. The van der Waals surface area contributed by atoms with Gasteiger partial charge < -0.3 is 10.5 Å². The zero-order chi connectivity index (χ0) is 16.4. The number of ether oxygens (including phenoxy) is 1. The molecule has 2 aromatic rings. The normalized spacial score (nSPS) is 12.0. The van der Waals surface area contributed by atoms with Crippen molar-refractivity contribution in [2.24, 2.45) is 5.73 Å². The quantitative estimate of drug-likeness (QED) is 0.855. The summed E-state index contributed by atoms with van der Waals surface area (Å²) in [4.78, 5) is 22.6. The van der Waals surface area contributed by atoms with Gasteiger partial charge in [-0.2, -0.15) is 5.10 Å². The van der Waals surface area contributed by atoms with Crippen LogP contribution < -0.4 is 10.5 Å². The lowest BCUT2D eigenvalue weighted by molar-refractivity contribution is -0.123. The Morgan fingerprint density at radius 2 is 1.82 bits per heavy atom. The van der Waals surface area contributed by atoms with E-state index >= 15 is 0 Å². The number of aryl methyl sites for hydroxylation is 1. The van der Waals surface area contributed by atoms with Crippen LogP contribution in [-0.2, 0) is 4.79 Å². The van der Waals surface area contributed by atoms with E-state index in [9.17, 15) is 9.59 Å². The van der Waals surface area contributed by atoms with E-state index in [1.807, 2.05) is 26.0 Å². The average molecular weight is 301 g/mol. The van der Waals surface area contributed by atoms with Gasteiger partial charge in [0.25, 0.3) is 5.91 Å². The molecule has 0 unspecified atom stereocenters. The standard InChI is InChI=1S/C16H19N3O3/c1-9-15(11(3)20)10(2)19(18-9)13-5-7-14(8-6-13)22-12(4)16(17)21/h5-8,12H,1-4H3,(H2,17,21)/t12-/m1/s1. The van der Waals surface area contributed by atoms with E-state index in [0.717, 1.165) is 11.4 Å². The highest BCUT2D eigenvalue weighted by Crippen LogP contribution is 2.21. The molecule has 0 spiro atoms. The number of aromatic nitrogens is 2. The zero-order valence-corrected chi connectivity index (χ0v) is 13.1. The number of nitrogens with two attached hydrogens (primary N) is 1. The summed E-state index contributed by atoms with van der Waals surface area (Å²) in [6.07, 6.45) is -0.691. The molecule has 1 atom stereocenters. The van der Waals surface area contributed by atoms with Gasteiger partial charge >= 0.3 is 0 Å². The van der Waals surface area contributed by atoms with Gasteiger partial charge in [0.2, 0.25) is 0 Å². The summed E-state index contributed by atoms with van der Waals surface area (Å²) in [6, 6.07) is 7.09. The van der Waals surface area contributed by atoms with Gasteiger partial charge in [0, 0.05) is 0 Å². The summed E-state index contributed by atoms with van der Waals surface area (Å²) in [5.74, 6) is 0.0218. The average Bonchev–Trinajstić information content (AvgIpc) is 2.74. The molecule has 0 aliphatic rings. The lowest BCUT2D eigenvalue weighted by Gasteiger charge is -2.12. The van der Waals surface area contributed by atoms with Crippen molar-refractivity contribution < 1.29 is 14.3 Å². The van der Waals surface area contributed by atoms with E-state index in [0.29, 0.717) is 17.0 Å². The van der Waals surface area contributed by atoms with Crippen molar-refractivity contribution >= 4 is 11.7 Å². The molecule has 0 aliphatic heterocycles. The van der Waals surface area contributed by atoms with E-state index in [1.54, 1.807) is 23.7 Å². The van der Waals surface area contributed by atoms with E-state index in [2.05, 4.69) is 5.10 Å². The molecule has 1 aromatic heterocycles. The number of rotatable bonds is 5. The Labute approximate surface area is 128 Å². The summed E-state index contributed by atoms with van der Waals surface area (Å²) in [5, 5.41) is 4.40. The number of Topliss-reactive ketones (excluding diaryl/α,β-unsaturated/α-hetero) is 1. The lowest BCUT2D eigenvalue weighted by atomic mass is 10.1. The molecule has 0 saturated carbocycles. The van der Waals surface area contributed by atoms with Gasteiger partial charge in [0.05, 0.1) is 22.6 Å². The van der Waals surface area contributed by atoms with Crippen molar-refractivity contribution in [3.8, 4) is 11.4 Å². The van der Waals surface area contributed by atoms with Crippen LogP contribution in [0, 0.1) is 13.8 Å². The molecule has 0 bridgehead atoms. The van der Waals surface area contributed by atoms with E-state index in [1.165, 1.54) is 6.92 Å². The minimum atomic E-state index is -0.691. The highest BCUT2D eigenvalue weighted by atomic mass is 16.5. The van der Waals surface area contributed by atoms with Crippen LogP contribution in [0.25, 0.3) is 5.69 Å². The maximum absolute atomic E-state index is 11.7. The monoisotopic (exact) mass is 301 g/mol. The first-order valence-corrected chi connectivity index (χ1v) is 6.94. The van der Waals surface area contributed by atoms with Crippen molar-refractivity contribution in [2.45, 2.75) is 33.8 Å². The Balaban J connectivity index is 2.30. The molecule has 2 rings (SSSR count). The Bertz CT molecular complexity index is 717. The van der Waals surface area contributed by atoms with Gasteiger partial charge in [0.15, 0.2) is 11.9 Å². The van der Waals surface area contributed by atoms with Crippen LogP contribution in [0.15, 0.2) is 24.3 Å². The minimum Gasteiger partial charge on any atom is -0.481 e. The molecular formula is C16H19N3O3. The number of carbonyl (C=O) groups excluding carboxylic acids is 2. The molecule has 6 nitrogen and oxygen atoms in total. The number of benzene rings is 1.